The molecule has 0 aliphatic heterocycles. The van der Waals surface area contributed by atoms with Gasteiger partial charge in [0, 0.05) is 22.2 Å². The number of aromatic nitrogens is 1. The second-order valence-corrected chi connectivity index (χ2v) is 6.39. The molecule has 0 fully saturated rings. The van der Waals surface area contributed by atoms with Gasteiger partial charge in [-0.3, -0.25) is 4.79 Å². The number of fused-ring (bicyclic) bond motifs is 1. The molecule has 0 aliphatic carbocycles. The molecule has 0 spiro atoms. The van der Waals surface area contributed by atoms with Gasteiger partial charge in [-0.05, 0) is 29.3 Å². The Hall–Kier alpha value is -1.52. The maximum Gasteiger partial charge on any atom is 0.144 e. The third-order valence-corrected chi connectivity index (χ3v) is 4.94. The molecule has 0 amide bonds. The molecule has 1 aromatic carbocycles. The highest BCUT2D eigenvalue weighted by Gasteiger charge is 2.11. The molecule has 0 atom stereocenters. The first kappa shape index (κ1) is 12.5. The van der Waals surface area contributed by atoms with Crippen molar-refractivity contribution in [1.29, 1.82) is 0 Å². The summed E-state index contributed by atoms with van der Waals surface area (Å²) in [6.07, 6.45) is 0.950. The molecule has 3 aromatic rings. The molecular weight excluding hydrogens is 274 g/mol. The predicted octanol–water partition coefficient (Wildman–Crippen LogP) is 4.02. The van der Waals surface area contributed by atoms with E-state index in [0.29, 0.717) is 12.8 Å². The van der Waals surface area contributed by atoms with Crippen molar-refractivity contribution < 1.29 is 4.79 Å². The fourth-order valence-corrected chi connectivity index (χ4v) is 3.86. The summed E-state index contributed by atoms with van der Waals surface area (Å²) in [6.45, 7) is 1.96. The van der Waals surface area contributed by atoms with E-state index in [-0.39, 0.29) is 5.78 Å². The van der Waals surface area contributed by atoms with Crippen LogP contribution < -0.4 is 0 Å². The van der Waals surface area contributed by atoms with Gasteiger partial charge in [0.1, 0.15) is 10.8 Å². The molecule has 0 saturated carbocycles. The quantitative estimate of drug-likeness (QED) is 0.725. The van der Waals surface area contributed by atoms with Gasteiger partial charge in [0.2, 0.25) is 0 Å². The van der Waals surface area contributed by atoms with E-state index in [1.165, 1.54) is 10.1 Å². The third kappa shape index (κ3) is 2.74. The van der Waals surface area contributed by atoms with E-state index in [0.717, 1.165) is 16.3 Å². The normalized spacial score (nSPS) is 11.0. The Morgan fingerprint density at radius 3 is 2.79 bits per heavy atom. The van der Waals surface area contributed by atoms with Crippen LogP contribution in [-0.4, -0.2) is 10.8 Å². The Balaban J connectivity index is 1.76. The lowest BCUT2D eigenvalue weighted by molar-refractivity contribution is -0.117. The second-order valence-electron chi connectivity index (χ2n) is 4.53. The van der Waals surface area contributed by atoms with Crippen LogP contribution in [0.1, 0.15) is 16.3 Å². The zero-order valence-corrected chi connectivity index (χ0v) is 12.2. The van der Waals surface area contributed by atoms with E-state index >= 15 is 0 Å². The average Bonchev–Trinajstić information content (AvgIpc) is 2.97. The topological polar surface area (TPSA) is 30.0 Å². The number of rotatable bonds is 4. The van der Waals surface area contributed by atoms with Crippen molar-refractivity contribution in [2.75, 3.05) is 0 Å². The van der Waals surface area contributed by atoms with Crippen LogP contribution in [0.4, 0.5) is 0 Å². The summed E-state index contributed by atoms with van der Waals surface area (Å²) in [7, 11) is 0. The van der Waals surface area contributed by atoms with Crippen molar-refractivity contribution in [1.82, 2.24) is 4.98 Å². The Kier molecular flexibility index (Phi) is 3.44. The highest BCUT2D eigenvalue weighted by Crippen LogP contribution is 2.26. The van der Waals surface area contributed by atoms with Gasteiger partial charge in [0.05, 0.1) is 6.42 Å². The van der Waals surface area contributed by atoms with E-state index in [9.17, 15) is 4.79 Å². The number of carbonyl (C=O) groups is 1. The Bertz CT molecular complexity index is 726. The highest BCUT2D eigenvalue weighted by atomic mass is 32.1. The first-order chi connectivity index (χ1) is 9.22. The monoisotopic (exact) mass is 287 g/mol. The molecule has 2 heterocycles. The summed E-state index contributed by atoms with van der Waals surface area (Å²) < 4.78 is 1.25. The number of benzene rings is 1. The van der Waals surface area contributed by atoms with Crippen molar-refractivity contribution >= 4 is 38.5 Å². The van der Waals surface area contributed by atoms with Gasteiger partial charge >= 0.3 is 0 Å². The SMILES string of the molecule is Cc1csc(CC(=O)Cc2csc3ccccc23)n1. The van der Waals surface area contributed by atoms with Crippen LogP contribution in [0.25, 0.3) is 10.1 Å². The van der Waals surface area contributed by atoms with Gasteiger partial charge in [0.25, 0.3) is 0 Å². The van der Waals surface area contributed by atoms with Gasteiger partial charge in [-0.15, -0.1) is 22.7 Å². The highest BCUT2D eigenvalue weighted by molar-refractivity contribution is 7.17. The molecule has 4 heteroatoms. The molecule has 0 unspecified atom stereocenters. The lowest BCUT2D eigenvalue weighted by Gasteiger charge is -1.98. The fourth-order valence-electron chi connectivity index (χ4n) is 2.10. The van der Waals surface area contributed by atoms with Crippen LogP contribution in [0, 0.1) is 6.92 Å². The maximum atomic E-state index is 12.1. The van der Waals surface area contributed by atoms with E-state index in [2.05, 4.69) is 22.5 Å². The zero-order valence-electron chi connectivity index (χ0n) is 10.6. The van der Waals surface area contributed by atoms with Crippen molar-refractivity contribution in [3.63, 3.8) is 0 Å². The van der Waals surface area contributed by atoms with Crippen LogP contribution in [0.15, 0.2) is 35.0 Å². The standard InChI is InChI=1S/C15H13NOS2/c1-10-8-19-15(16-10)7-12(17)6-11-9-18-14-5-3-2-4-13(11)14/h2-5,8-9H,6-7H2,1H3. The molecular formula is C15H13NOS2. The first-order valence-electron chi connectivity index (χ1n) is 6.10. The van der Waals surface area contributed by atoms with Gasteiger partial charge in [0.15, 0.2) is 0 Å². The number of hydrogen-bond acceptors (Lipinski definition) is 4. The smallest absolute Gasteiger partial charge is 0.144 e. The summed E-state index contributed by atoms with van der Waals surface area (Å²) in [5.41, 5.74) is 2.13. The molecule has 0 aliphatic rings. The number of ketones is 1. The van der Waals surface area contributed by atoms with E-state index in [1.54, 1.807) is 22.7 Å². The lowest BCUT2D eigenvalue weighted by atomic mass is 10.1. The molecule has 0 N–H and O–H groups in total. The summed E-state index contributed by atoms with van der Waals surface area (Å²) in [4.78, 5) is 16.4. The van der Waals surface area contributed by atoms with Crippen LogP contribution >= 0.6 is 22.7 Å². The number of aryl methyl sites for hydroxylation is 1. The largest absolute Gasteiger partial charge is 0.299 e. The zero-order chi connectivity index (χ0) is 13.2. The summed E-state index contributed by atoms with van der Waals surface area (Å²) in [6, 6.07) is 8.23. The number of hydrogen-bond donors (Lipinski definition) is 0. The number of nitrogens with zero attached hydrogens (tertiary/aromatic N) is 1. The van der Waals surface area contributed by atoms with Crippen LogP contribution in [0.3, 0.4) is 0 Å². The molecule has 2 nitrogen and oxygen atoms in total. The van der Waals surface area contributed by atoms with E-state index in [4.69, 9.17) is 0 Å². The Labute approximate surface area is 119 Å². The van der Waals surface area contributed by atoms with E-state index < -0.39 is 0 Å². The maximum absolute atomic E-state index is 12.1. The number of thiazole rings is 1. The minimum atomic E-state index is 0.234. The van der Waals surface area contributed by atoms with Gasteiger partial charge in [-0.2, -0.15) is 0 Å². The van der Waals surface area contributed by atoms with Gasteiger partial charge in [-0.25, -0.2) is 4.98 Å². The minimum absolute atomic E-state index is 0.234. The summed E-state index contributed by atoms with van der Waals surface area (Å²) in [5, 5.41) is 6.20. The molecule has 0 saturated heterocycles. The molecule has 19 heavy (non-hydrogen) atoms. The van der Waals surface area contributed by atoms with Gasteiger partial charge < -0.3 is 0 Å². The lowest BCUT2D eigenvalue weighted by Crippen LogP contribution is -2.05. The van der Waals surface area contributed by atoms with Crippen molar-refractivity contribution in [2.45, 2.75) is 19.8 Å². The molecule has 0 bridgehead atoms. The van der Waals surface area contributed by atoms with Crippen molar-refractivity contribution in [3.8, 4) is 0 Å². The number of carbonyl (C=O) groups excluding carboxylic acids is 1. The van der Waals surface area contributed by atoms with Gasteiger partial charge in [-0.1, -0.05) is 18.2 Å². The summed E-state index contributed by atoms with van der Waals surface area (Å²) in [5.74, 6) is 0.234. The number of Topliss-reactive ketones (excluding diaryl/α,β-unsaturated/α-hetero) is 1. The van der Waals surface area contributed by atoms with Crippen LogP contribution in [0.5, 0.6) is 0 Å². The second kappa shape index (κ2) is 5.23. The molecule has 2 aromatic heterocycles. The Morgan fingerprint density at radius 2 is 2.00 bits per heavy atom. The molecule has 0 radical (unpaired) electrons. The Morgan fingerprint density at radius 1 is 1.16 bits per heavy atom. The minimum Gasteiger partial charge on any atom is -0.299 e. The number of thiophene rings is 1. The molecule has 3 rings (SSSR count). The van der Waals surface area contributed by atoms with E-state index in [1.807, 2.05) is 24.4 Å². The summed E-state index contributed by atoms with van der Waals surface area (Å²) >= 11 is 3.27. The third-order valence-electron chi connectivity index (χ3n) is 2.96. The van der Waals surface area contributed by atoms with Crippen molar-refractivity contribution in [3.05, 3.63) is 51.3 Å². The van der Waals surface area contributed by atoms with Crippen LogP contribution in [0.2, 0.25) is 0 Å². The average molecular weight is 287 g/mol. The fraction of sp³-hybridized carbons (Fsp3) is 0.200. The van der Waals surface area contributed by atoms with Crippen molar-refractivity contribution in [2.24, 2.45) is 0 Å². The van der Waals surface area contributed by atoms with Crippen LogP contribution in [-0.2, 0) is 17.6 Å². The first-order valence-corrected chi connectivity index (χ1v) is 7.86. The molecule has 96 valence electrons. The predicted molar refractivity (Wildman–Crippen MR) is 81.1 cm³/mol.